The van der Waals surface area contributed by atoms with Crippen LogP contribution in [-0.4, -0.2) is 9.97 Å². The normalized spacial score (nSPS) is 15.1. The van der Waals surface area contributed by atoms with Crippen molar-refractivity contribution in [2.24, 2.45) is 5.73 Å². The fourth-order valence-electron chi connectivity index (χ4n) is 1.73. The summed E-state index contributed by atoms with van der Waals surface area (Å²) in [5.41, 5.74) is 5.26. The van der Waals surface area contributed by atoms with E-state index in [0.717, 1.165) is 12.4 Å². The van der Waals surface area contributed by atoms with Gasteiger partial charge < -0.3 is 5.73 Å². The third-order valence-electron chi connectivity index (χ3n) is 2.93. The maximum absolute atomic E-state index is 12.9. The van der Waals surface area contributed by atoms with Gasteiger partial charge in [-0.05, 0) is 18.6 Å². The van der Waals surface area contributed by atoms with Crippen molar-refractivity contribution in [1.29, 1.82) is 0 Å². The molecule has 20 heavy (non-hydrogen) atoms. The first-order valence-corrected chi connectivity index (χ1v) is 6.53. The van der Waals surface area contributed by atoms with E-state index in [1.54, 1.807) is 6.92 Å². The first-order valence-electron chi connectivity index (χ1n) is 5.72. The highest BCUT2D eigenvalue weighted by atomic mass is 32.1. The van der Waals surface area contributed by atoms with E-state index < -0.39 is 22.5 Å². The third-order valence-corrected chi connectivity index (χ3v) is 4.15. The molecule has 0 aliphatic heterocycles. The first-order chi connectivity index (χ1) is 9.27. The van der Waals surface area contributed by atoms with E-state index in [-0.39, 0.29) is 4.88 Å². The molecule has 0 aromatic carbocycles. The molecule has 3 nitrogen and oxygen atoms in total. The summed E-state index contributed by atoms with van der Waals surface area (Å²) in [4.78, 5) is 7.46. The Morgan fingerprint density at radius 1 is 1.20 bits per heavy atom. The molecule has 0 bridgehead atoms. The van der Waals surface area contributed by atoms with Crippen LogP contribution in [0.1, 0.15) is 28.9 Å². The van der Waals surface area contributed by atoms with Crippen LogP contribution in [0.3, 0.4) is 0 Å². The molecule has 1 atom stereocenters. The molecule has 2 aromatic heterocycles. The van der Waals surface area contributed by atoms with Gasteiger partial charge in [-0.2, -0.15) is 13.2 Å². The van der Waals surface area contributed by atoms with Crippen molar-refractivity contribution in [1.82, 2.24) is 9.97 Å². The lowest BCUT2D eigenvalue weighted by molar-refractivity contribution is -0.137. The number of nitrogens with two attached hydrogens (primary N) is 1. The first kappa shape index (κ1) is 14.9. The predicted molar refractivity (Wildman–Crippen MR) is 66.6 cm³/mol. The van der Waals surface area contributed by atoms with E-state index in [4.69, 9.17) is 5.73 Å². The molecule has 2 N–H and O–H groups in total. The van der Waals surface area contributed by atoms with Crippen molar-refractivity contribution >= 4 is 11.3 Å². The number of aromatic nitrogens is 2. The molecular weight excluding hydrogens is 294 g/mol. The van der Waals surface area contributed by atoms with E-state index in [9.17, 15) is 17.6 Å². The number of nitrogens with zero attached hydrogens (tertiary/aromatic N) is 2. The van der Waals surface area contributed by atoms with Crippen molar-refractivity contribution in [3.05, 3.63) is 45.9 Å². The van der Waals surface area contributed by atoms with Crippen LogP contribution in [0.25, 0.3) is 0 Å². The van der Waals surface area contributed by atoms with Gasteiger partial charge in [0.1, 0.15) is 5.82 Å². The Hall–Kier alpha value is -1.54. The summed E-state index contributed by atoms with van der Waals surface area (Å²) in [5, 5.41) is -0.960. The molecule has 8 heteroatoms. The maximum atomic E-state index is 12.9. The van der Waals surface area contributed by atoms with Crippen LogP contribution in [-0.2, 0) is 11.7 Å². The van der Waals surface area contributed by atoms with Gasteiger partial charge in [0.05, 0.1) is 22.3 Å². The SMILES string of the molecule is CCC(N)(c1ccc(F)cn1)c1cnc(C(F)(F)F)s1. The summed E-state index contributed by atoms with van der Waals surface area (Å²) < 4.78 is 50.7. The summed E-state index contributed by atoms with van der Waals surface area (Å²) in [6.45, 7) is 1.72. The molecule has 1 unspecified atom stereocenters. The van der Waals surface area contributed by atoms with Gasteiger partial charge in [-0.3, -0.25) is 4.98 Å². The van der Waals surface area contributed by atoms with Crippen LogP contribution < -0.4 is 5.73 Å². The van der Waals surface area contributed by atoms with Gasteiger partial charge >= 0.3 is 6.18 Å². The van der Waals surface area contributed by atoms with Crippen molar-refractivity contribution in [3.63, 3.8) is 0 Å². The van der Waals surface area contributed by atoms with E-state index >= 15 is 0 Å². The molecule has 0 amide bonds. The lowest BCUT2D eigenvalue weighted by Crippen LogP contribution is -2.37. The number of halogens is 4. The molecule has 0 saturated heterocycles. The van der Waals surface area contributed by atoms with Crippen LogP contribution in [0.4, 0.5) is 17.6 Å². The zero-order valence-corrected chi connectivity index (χ0v) is 11.2. The number of alkyl halides is 3. The molecule has 2 heterocycles. The van der Waals surface area contributed by atoms with Crippen LogP contribution in [0.5, 0.6) is 0 Å². The summed E-state index contributed by atoms with van der Waals surface area (Å²) in [5.74, 6) is -0.535. The molecule has 0 spiro atoms. The van der Waals surface area contributed by atoms with Crippen LogP contribution in [0.15, 0.2) is 24.5 Å². The molecule has 0 radical (unpaired) electrons. The van der Waals surface area contributed by atoms with E-state index in [0.29, 0.717) is 23.5 Å². The minimum atomic E-state index is -4.51. The number of pyridine rings is 1. The van der Waals surface area contributed by atoms with Crippen molar-refractivity contribution in [2.45, 2.75) is 25.1 Å². The monoisotopic (exact) mass is 305 g/mol. The zero-order chi connectivity index (χ0) is 15.0. The Bertz CT molecular complexity index is 593. The smallest absolute Gasteiger partial charge is 0.316 e. The number of rotatable bonds is 3. The van der Waals surface area contributed by atoms with E-state index in [1.165, 1.54) is 12.1 Å². The van der Waals surface area contributed by atoms with Gasteiger partial charge in [0.2, 0.25) is 0 Å². The number of thiazole rings is 1. The standard InChI is InChI=1S/C12H11F4N3S/c1-2-11(17,8-4-3-7(13)5-18-8)9-6-19-10(20-9)12(14,15)16/h3-6H,2,17H2,1H3. The average molecular weight is 305 g/mol. The average Bonchev–Trinajstić information content (AvgIpc) is 2.88. The van der Waals surface area contributed by atoms with Crippen LogP contribution >= 0.6 is 11.3 Å². The second-order valence-electron chi connectivity index (χ2n) is 4.21. The Balaban J connectivity index is 2.45. The van der Waals surface area contributed by atoms with Crippen molar-refractivity contribution in [2.75, 3.05) is 0 Å². The highest BCUT2D eigenvalue weighted by Gasteiger charge is 2.38. The lowest BCUT2D eigenvalue weighted by atomic mass is 9.91. The van der Waals surface area contributed by atoms with Gasteiger partial charge in [0.25, 0.3) is 0 Å². The number of hydrogen-bond donors (Lipinski definition) is 1. The minimum Gasteiger partial charge on any atom is -0.316 e. The Labute approximate surface area is 116 Å². The third kappa shape index (κ3) is 2.66. The summed E-state index contributed by atoms with van der Waals surface area (Å²) in [6, 6.07) is 2.54. The summed E-state index contributed by atoms with van der Waals surface area (Å²) >= 11 is 0.476. The topological polar surface area (TPSA) is 51.8 Å². The van der Waals surface area contributed by atoms with Crippen LogP contribution in [0.2, 0.25) is 0 Å². The largest absolute Gasteiger partial charge is 0.443 e. The second kappa shape index (κ2) is 5.10. The maximum Gasteiger partial charge on any atom is 0.443 e. The molecule has 0 aliphatic rings. The second-order valence-corrected chi connectivity index (χ2v) is 5.24. The molecule has 2 rings (SSSR count). The fraction of sp³-hybridized carbons (Fsp3) is 0.333. The number of hydrogen-bond acceptors (Lipinski definition) is 4. The van der Waals surface area contributed by atoms with Gasteiger partial charge in [0, 0.05) is 6.20 Å². The Morgan fingerprint density at radius 3 is 2.35 bits per heavy atom. The lowest BCUT2D eigenvalue weighted by Gasteiger charge is -2.25. The fourth-order valence-corrected chi connectivity index (χ4v) is 2.70. The van der Waals surface area contributed by atoms with Crippen molar-refractivity contribution in [3.8, 4) is 0 Å². The molecule has 2 aromatic rings. The highest BCUT2D eigenvalue weighted by Crippen LogP contribution is 2.38. The molecule has 0 aliphatic carbocycles. The molecule has 0 fully saturated rings. The molecular formula is C12H11F4N3S. The summed E-state index contributed by atoms with van der Waals surface area (Å²) in [7, 11) is 0. The zero-order valence-electron chi connectivity index (χ0n) is 10.4. The van der Waals surface area contributed by atoms with E-state index in [1.807, 2.05) is 0 Å². The van der Waals surface area contributed by atoms with Crippen molar-refractivity contribution < 1.29 is 17.6 Å². The van der Waals surface area contributed by atoms with Crippen LogP contribution in [0, 0.1) is 5.82 Å². The minimum absolute atomic E-state index is 0.242. The van der Waals surface area contributed by atoms with E-state index in [2.05, 4.69) is 9.97 Å². The Kier molecular flexibility index (Phi) is 3.79. The molecule has 108 valence electrons. The predicted octanol–water partition coefficient (Wildman–Crippen LogP) is 3.31. The Morgan fingerprint density at radius 2 is 1.90 bits per heavy atom. The van der Waals surface area contributed by atoms with Gasteiger partial charge in [-0.15, -0.1) is 11.3 Å². The summed E-state index contributed by atoms with van der Waals surface area (Å²) in [6.07, 6.45) is -2.11. The van der Waals surface area contributed by atoms with Gasteiger partial charge in [-0.1, -0.05) is 6.92 Å². The van der Waals surface area contributed by atoms with Gasteiger partial charge in [-0.25, -0.2) is 9.37 Å². The quantitative estimate of drug-likeness (QED) is 0.885. The van der Waals surface area contributed by atoms with Gasteiger partial charge in [0.15, 0.2) is 5.01 Å². The molecule has 0 saturated carbocycles. The highest BCUT2D eigenvalue weighted by molar-refractivity contribution is 7.11.